The summed E-state index contributed by atoms with van der Waals surface area (Å²) in [5, 5.41) is 7.78. The zero-order valence-corrected chi connectivity index (χ0v) is 9.93. The maximum Gasteiger partial charge on any atom is 0.146 e. The largest absolute Gasteiger partial charge is 0.307 e. The van der Waals surface area contributed by atoms with E-state index in [1.165, 1.54) is 18.4 Å². The number of benzene rings is 1. The van der Waals surface area contributed by atoms with Crippen molar-refractivity contribution in [1.82, 2.24) is 20.1 Å². The number of nitrogens with one attached hydrogen (secondary N) is 1. The lowest BCUT2D eigenvalue weighted by Gasteiger charge is -2.09. The summed E-state index contributed by atoms with van der Waals surface area (Å²) in [6, 6.07) is 8.93. The summed E-state index contributed by atoms with van der Waals surface area (Å²) in [6.45, 7) is 2.88. The van der Waals surface area contributed by atoms with Crippen LogP contribution in [0.4, 0.5) is 0 Å². The molecule has 2 aromatic rings. The van der Waals surface area contributed by atoms with Crippen LogP contribution >= 0.6 is 0 Å². The molecule has 1 aliphatic rings. The van der Waals surface area contributed by atoms with E-state index < -0.39 is 0 Å². The minimum Gasteiger partial charge on any atom is -0.307 e. The van der Waals surface area contributed by atoms with Crippen molar-refractivity contribution in [3.63, 3.8) is 0 Å². The fraction of sp³-hybridized carbons (Fsp3) is 0.385. The van der Waals surface area contributed by atoms with Gasteiger partial charge in [0.05, 0.1) is 12.2 Å². The minimum atomic E-state index is 0.692. The molecular weight excluding hydrogens is 212 g/mol. The average Bonchev–Trinajstić information content (AvgIpc) is 3.06. The monoisotopic (exact) mass is 228 g/mol. The van der Waals surface area contributed by atoms with Crippen molar-refractivity contribution in [3.8, 4) is 5.69 Å². The molecule has 0 radical (unpaired) electrons. The Bertz CT molecular complexity index is 514. The van der Waals surface area contributed by atoms with Crippen LogP contribution in [0.1, 0.15) is 24.2 Å². The third-order valence-electron chi connectivity index (χ3n) is 3.09. The Labute approximate surface area is 101 Å². The molecule has 1 aromatic carbocycles. The van der Waals surface area contributed by atoms with E-state index >= 15 is 0 Å². The normalized spacial score (nSPS) is 15.1. The van der Waals surface area contributed by atoms with Gasteiger partial charge in [-0.15, -0.1) is 0 Å². The van der Waals surface area contributed by atoms with Gasteiger partial charge in [-0.25, -0.2) is 9.67 Å². The molecule has 0 unspecified atom stereocenters. The van der Waals surface area contributed by atoms with E-state index in [4.69, 9.17) is 0 Å². The van der Waals surface area contributed by atoms with Crippen LogP contribution in [0.2, 0.25) is 0 Å². The predicted octanol–water partition coefficient (Wildman–Crippen LogP) is 1.83. The topological polar surface area (TPSA) is 42.7 Å². The number of aryl methyl sites for hydroxylation is 1. The molecule has 0 amide bonds. The van der Waals surface area contributed by atoms with E-state index in [1.807, 2.05) is 16.8 Å². The van der Waals surface area contributed by atoms with E-state index in [9.17, 15) is 0 Å². The van der Waals surface area contributed by atoms with Crippen molar-refractivity contribution >= 4 is 0 Å². The highest BCUT2D eigenvalue weighted by Crippen LogP contribution is 2.19. The van der Waals surface area contributed by atoms with Gasteiger partial charge in [-0.3, -0.25) is 0 Å². The van der Waals surface area contributed by atoms with Gasteiger partial charge in [0, 0.05) is 6.04 Å². The van der Waals surface area contributed by atoms with Crippen molar-refractivity contribution in [2.45, 2.75) is 32.4 Å². The Hall–Kier alpha value is -1.68. The first kappa shape index (κ1) is 10.5. The molecular formula is C13H16N4. The summed E-state index contributed by atoms with van der Waals surface area (Å²) >= 11 is 0. The smallest absolute Gasteiger partial charge is 0.146 e. The van der Waals surface area contributed by atoms with Crippen LogP contribution < -0.4 is 5.32 Å². The summed E-state index contributed by atoms with van der Waals surface area (Å²) < 4.78 is 1.92. The van der Waals surface area contributed by atoms with Crippen molar-refractivity contribution in [3.05, 3.63) is 42.0 Å². The van der Waals surface area contributed by atoms with Gasteiger partial charge < -0.3 is 5.32 Å². The summed E-state index contributed by atoms with van der Waals surface area (Å²) in [6.07, 6.45) is 4.20. The maximum absolute atomic E-state index is 4.32. The zero-order valence-electron chi connectivity index (χ0n) is 9.93. The van der Waals surface area contributed by atoms with Crippen molar-refractivity contribution in [1.29, 1.82) is 0 Å². The molecule has 0 spiro atoms. The fourth-order valence-corrected chi connectivity index (χ4v) is 1.91. The molecule has 0 aliphatic heterocycles. The second-order valence-electron chi connectivity index (χ2n) is 4.53. The Morgan fingerprint density at radius 1 is 1.35 bits per heavy atom. The van der Waals surface area contributed by atoms with Crippen molar-refractivity contribution in [2.75, 3.05) is 0 Å². The van der Waals surface area contributed by atoms with E-state index in [0.29, 0.717) is 6.04 Å². The lowest BCUT2D eigenvalue weighted by atomic mass is 10.2. The Morgan fingerprint density at radius 3 is 2.94 bits per heavy atom. The summed E-state index contributed by atoms with van der Waals surface area (Å²) in [4.78, 5) is 4.32. The van der Waals surface area contributed by atoms with Crippen LogP contribution in [0.15, 0.2) is 30.6 Å². The van der Waals surface area contributed by atoms with Crippen molar-refractivity contribution in [2.24, 2.45) is 0 Å². The molecule has 3 rings (SSSR count). The molecule has 1 heterocycles. The standard InChI is InChI=1S/C13H16N4/c1-10-4-2-3-5-12(10)17-13(15-9-16-17)8-14-11-6-7-11/h2-5,9,11,14H,6-8H2,1H3. The van der Waals surface area contributed by atoms with Crippen molar-refractivity contribution < 1.29 is 0 Å². The quantitative estimate of drug-likeness (QED) is 0.868. The molecule has 1 aromatic heterocycles. The summed E-state index contributed by atoms with van der Waals surface area (Å²) in [5.41, 5.74) is 2.32. The van der Waals surface area contributed by atoms with Gasteiger partial charge in [0.1, 0.15) is 12.2 Å². The molecule has 1 saturated carbocycles. The first-order chi connectivity index (χ1) is 8.34. The van der Waals surface area contributed by atoms with Gasteiger partial charge in [-0.1, -0.05) is 18.2 Å². The van der Waals surface area contributed by atoms with E-state index in [0.717, 1.165) is 18.1 Å². The molecule has 0 saturated heterocycles. The first-order valence-corrected chi connectivity index (χ1v) is 6.03. The molecule has 0 bridgehead atoms. The highest BCUT2D eigenvalue weighted by molar-refractivity contribution is 5.39. The van der Waals surface area contributed by atoms with Crippen LogP contribution in [0, 0.1) is 6.92 Å². The van der Waals surface area contributed by atoms with E-state index in [2.05, 4.69) is 34.5 Å². The third kappa shape index (κ3) is 2.22. The van der Waals surface area contributed by atoms with Gasteiger partial charge in [0.25, 0.3) is 0 Å². The molecule has 4 nitrogen and oxygen atoms in total. The fourth-order valence-electron chi connectivity index (χ4n) is 1.91. The number of para-hydroxylation sites is 1. The SMILES string of the molecule is Cc1ccccc1-n1ncnc1CNC1CC1. The van der Waals surface area contributed by atoms with Crippen LogP contribution in [-0.4, -0.2) is 20.8 Å². The third-order valence-corrected chi connectivity index (χ3v) is 3.09. The number of nitrogens with zero attached hydrogens (tertiary/aromatic N) is 3. The van der Waals surface area contributed by atoms with Crippen LogP contribution in [-0.2, 0) is 6.54 Å². The lowest BCUT2D eigenvalue weighted by Crippen LogP contribution is -2.19. The van der Waals surface area contributed by atoms with Gasteiger partial charge in [-0.05, 0) is 31.4 Å². The second-order valence-corrected chi connectivity index (χ2v) is 4.53. The molecule has 1 aliphatic carbocycles. The van der Waals surface area contributed by atoms with Gasteiger partial charge >= 0.3 is 0 Å². The molecule has 17 heavy (non-hydrogen) atoms. The van der Waals surface area contributed by atoms with Gasteiger partial charge in [-0.2, -0.15) is 5.10 Å². The van der Waals surface area contributed by atoms with Gasteiger partial charge in [0.2, 0.25) is 0 Å². The molecule has 1 N–H and O–H groups in total. The predicted molar refractivity (Wildman–Crippen MR) is 66.0 cm³/mol. The van der Waals surface area contributed by atoms with Crippen LogP contribution in [0.25, 0.3) is 5.69 Å². The summed E-state index contributed by atoms with van der Waals surface area (Å²) in [7, 11) is 0. The molecule has 0 atom stereocenters. The number of rotatable bonds is 4. The molecule has 4 heteroatoms. The summed E-state index contributed by atoms with van der Waals surface area (Å²) in [5.74, 6) is 0.978. The number of hydrogen-bond acceptors (Lipinski definition) is 3. The van der Waals surface area contributed by atoms with Crippen LogP contribution in [0.3, 0.4) is 0 Å². The highest BCUT2D eigenvalue weighted by atomic mass is 15.3. The van der Waals surface area contributed by atoms with Crippen LogP contribution in [0.5, 0.6) is 0 Å². The Balaban J connectivity index is 1.86. The van der Waals surface area contributed by atoms with E-state index in [1.54, 1.807) is 6.33 Å². The molecule has 1 fully saturated rings. The maximum atomic E-state index is 4.32. The minimum absolute atomic E-state index is 0.692. The number of aromatic nitrogens is 3. The first-order valence-electron chi connectivity index (χ1n) is 6.03. The average molecular weight is 228 g/mol. The zero-order chi connectivity index (χ0) is 11.7. The number of hydrogen-bond donors (Lipinski definition) is 1. The molecule has 88 valence electrons. The second kappa shape index (κ2) is 4.30. The Kier molecular flexibility index (Phi) is 2.65. The Morgan fingerprint density at radius 2 is 2.18 bits per heavy atom. The van der Waals surface area contributed by atoms with Gasteiger partial charge in [0.15, 0.2) is 0 Å². The lowest BCUT2D eigenvalue weighted by molar-refractivity contribution is 0.637. The van der Waals surface area contributed by atoms with E-state index in [-0.39, 0.29) is 0 Å². The highest BCUT2D eigenvalue weighted by Gasteiger charge is 2.21.